The van der Waals surface area contributed by atoms with Crippen molar-refractivity contribution in [2.75, 3.05) is 0 Å². The van der Waals surface area contributed by atoms with Crippen LogP contribution in [0.5, 0.6) is 0 Å². The topological polar surface area (TPSA) is 17.8 Å². The van der Waals surface area contributed by atoms with Crippen molar-refractivity contribution in [3.8, 4) is 11.1 Å². The SMILES string of the molecule is CC(C)(C)c1nn(CC(F)(F)F)cc1-c1ccc(Cl)cc1Cl. The Labute approximate surface area is 136 Å². The zero-order chi connectivity index (χ0) is 16.7. The largest absolute Gasteiger partial charge is 0.408 e. The predicted octanol–water partition coefficient (Wildman–Crippen LogP) is 5.72. The average molecular weight is 351 g/mol. The number of rotatable bonds is 2. The van der Waals surface area contributed by atoms with Gasteiger partial charge in [0.05, 0.1) is 5.69 Å². The van der Waals surface area contributed by atoms with Crippen molar-refractivity contribution in [2.45, 2.75) is 38.9 Å². The molecule has 7 heteroatoms. The summed E-state index contributed by atoms with van der Waals surface area (Å²) in [6, 6.07) is 4.90. The van der Waals surface area contributed by atoms with Gasteiger partial charge in [0.2, 0.25) is 0 Å². The van der Waals surface area contributed by atoms with E-state index in [1.54, 1.807) is 18.2 Å². The zero-order valence-corrected chi connectivity index (χ0v) is 13.8. The maximum atomic E-state index is 12.6. The Morgan fingerprint density at radius 2 is 1.73 bits per heavy atom. The number of halogens is 5. The van der Waals surface area contributed by atoms with Gasteiger partial charge < -0.3 is 0 Å². The molecule has 0 N–H and O–H groups in total. The van der Waals surface area contributed by atoms with Crippen LogP contribution in [0.4, 0.5) is 13.2 Å². The Morgan fingerprint density at radius 1 is 1.09 bits per heavy atom. The molecular formula is C15H15Cl2F3N2. The lowest BCUT2D eigenvalue weighted by Gasteiger charge is -2.18. The van der Waals surface area contributed by atoms with Gasteiger partial charge in [0.1, 0.15) is 6.54 Å². The van der Waals surface area contributed by atoms with Crippen molar-refractivity contribution in [3.63, 3.8) is 0 Å². The first-order chi connectivity index (χ1) is 9.97. The van der Waals surface area contributed by atoms with Gasteiger partial charge in [-0.05, 0) is 12.1 Å². The van der Waals surface area contributed by atoms with Gasteiger partial charge in [-0.1, -0.05) is 50.0 Å². The Balaban J connectivity index is 2.58. The van der Waals surface area contributed by atoms with Gasteiger partial charge in [-0.15, -0.1) is 0 Å². The lowest BCUT2D eigenvalue weighted by molar-refractivity contribution is -0.142. The molecule has 0 bridgehead atoms. The quantitative estimate of drug-likeness (QED) is 0.677. The molecular weight excluding hydrogens is 336 g/mol. The second-order valence-electron chi connectivity index (χ2n) is 6.08. The number of benzene rings is 1. The summed E-state index contributed by atoms with van der Waals surface area (Å²) in [6.45, 7) is 4.53. The number of alkyl halides is 3. The fourth-order valence-electron chi connectivity index (χ4n) is 2.15. The first kappa shape index (κ1) is 17.2. The van der Waals surface area contributed by atoms with Gasteiger partial charge in [-0.25, -0.2) is 0 Å². The van der Waals surface area contributed by atoms with Gasteiger partial charge in [-0.2, -0.15) is 18.3 Å². The lowest BCUT2D eigenvalue weighted by atomic mass is 9.87. The van der Waals surface area contributed by atoms with Crippen LogP contribution in [0.2, 0.25) is 10.0 Å². The molecule has 0 aliphatic rings. The van der Waals surface area contributed by atoms with Crippen molar-refractivity contribution in [1.82, 2.24) is 9.78 Å². The van der Waals surface area contributed by atoms with Crippen LogP contribution in [0.15, 0.2) is 24.4 Å². The third-order valence-corrected chi connectivity index (χ3v) is 3.58. The average Bonchev–Trinajstić information content (AvgIpc) is 2.69. The van der Waals surface area contributed by atoms with Gasteiger partial charge in [0.15, 0.2) is 0 Å². The number of nitrogens with zero attached hydrogens (tertiary/aromatic N) is 2. The van der Waals surface area contributed by atoms with Crippen LogP contribution in [-0.4, -0.2) is 16.0 Å². The molecule has 22 heavy (non-hydrogen) atoms. The summed E-state index contributed by atoms with van der Waals surface area (Å²) in [5, 5.41) is 4.96. The Bertz CT molecular complexity index is 685. The maximum absolute atomic E-state index is 12.6. The van der Waals surface area contributed by atoms with Gasteiger partial charge in [0, 0.05) is 32.8 Å². The Hall–Kier alpha value is -1.20. The van der Waals surface area contributed by atoms with Gasteiger partial charge in [0.25, 0.3) is 0 Å². The number of hydrogen-bond acceptors (Lipinski definition) is 1. The molecule has 2 nitrogen and oxygen atoms in total. The third kappa shape index (κ3) is 3.96. The lowest BCUT2D eigenvalue weighted by Crippen LogP contribution is -2.19. The molecule has 0 saturated heterocycles. The molecule has 0 fully saturated rings. The van der Waals surface area contributed by atoms with Crippen LogP contribution in [0.25, 0.3) is 11.1 Å². The first-order valence-electron chi connectivity index (χ1n) is 6.57. The third-order valence-electron chi connectivity index (χ3n) is 3.03. The molecule has 1 heterocycles. The molecule has 120 valence electrons. The van der Waals surface area contributed by atoms with E-state index in [1.165, 1.54) is 6.20 Å². The van der Waals surface area contributed by atoms with Crippen molar-refractivity contribution in [1.29, 1.82) is 0 Å². The summed E-state index contributed by atoms with van der Waals surface area (Å²) in [5.74, 6) is 0. The second-order valence-corrected chi connectivity index (χ2v) is 6.92. The van der Waals surface area contributed by atoms with Crippen LogP contribution in [0.3, 0.4) is 0 Å². The van der Waals surface area contributed by atoms with Crippen molar-refractivity contribution in [2.24, 2.45) is 0 Å². The van der Waals surface area contributed by atoms with Gasteiger partial charge >= 0.3 is 6.18 Å². The van der Waals surface area contributed by atoms with E-state index in [1.807, 2.05) is 20.8 Å². The number of aromatic nitrogens is 2. The maximum Gasteiger partial charge on any atom is 0.408 e. The molecule has 0 amide bonds. The van der Waals surface area contributed by atoms with E-state index in [9.17, 15) is 13.2 Å². The second kappa shape index (κ2) is 5.78. The molecule has 2 rings (SSSR count). The van der Waals surface area contributed by atoms with Gasteiger partial charge in [-0.3, -0.25) is 4.68 Å². The summed E-state index contributed by atoms with van der Waals surface area (Å²) in [4.78, 5) is 0. The summed E-state index contributed by atoms with van der Waals surface area (Å²) in [6.07, 6.45) is -2.95. The minimum atomic E-state index is -4.33. The summed E-state index contributed by atoms with van der Waals surface area (Å²) in [7, 11) is 0. The molecule has 0 saturated carbocycles. The molecule has 0 atom stereocenters. The van der Waals surface area contributed by atoms with Crippen LogP contribution in [0, 0.1) is 0 Å². The molecule has 2 aromatic rings. The minimum absolute atomic E-state index is 0.379. The monoisotopic (exact) mass is 350 g/mol. The number of hydrogen-bond donors (Lipinski definition) is 0. The normalized spacial score (nSPS) is 12.7. The highest BCUT2D eigenvalue weighted by Crippen LogP contribution is 2.37. The van der Waals surface area contributed by atoms with E-state index >= 15 is 0 Å². The first-order valence-corrected chi connectivity index (χ1v) is 7.33. The van der Waals surface area contributed by atoms with Crippen LogP contribution < -0.4 is 0 Å². The molecule has 1 aromatic carbocycles. The fourth-order valence-corrected chi connectivity index (χ4v) is 2.66. The zero-order valence-electron chi connectivity index (χ0n) is 12.3. The van der Waals surface area contributed by atoms with E-state index in [4.69, 9.17) is 23.2 Å². The van der Waals surface area contributed by atoms with Crippen LogP contribution in [0.1, 0.15) is 26.5 Å². The van der Waals surface area contributed by atoms with E-state index in [-0.39, 0.29) is 0 Å². The van der Waals surface area contributed by atoms with Crippen molar-refractivity contribution in [3.05, 3.63) is 40.1 Å². The van der Waals surface area contributed by atoms with Crippen molar-refractivity contribution >= 4 is 23.2 Å². The van der Waals surface area contributed by atoms with E-state index in [2.05, 4.69) is 5.10 Å². The molecule has 0 aliphatic heterocycles. The van der Waals surface area contributed by atoms with Crippen LogP contribution in [-0.2, 0) is 12.0 Å². The summed E-state index contributed by atoms with van der Waals surface area (Å²) in [5.41, 5.74) is 1.33. The molecule has 1 aromatic heterocycles. The van der Waals surface area contributed by atoms with E-state index < -0.39 is 18.1 Å². The molecule has 0 aliphatic carbocycles. The van der Waals surface area contributed by atoms with Crippen LogP contribution >= 0.6 is 23.2 Å². The highest BCUT2D eigenvalue weighted by Gasteiger charge is 2.31. The molecule has 0 radical (unpaired) electrons. The Kier molecular flexibility index (Phi) is 4.51. The highest BCUT2D eigenvalue weighted by atomic mass is 35.5. The van der Waals surface area contributed by atoms with E-state index in [0.29, 0.717) is 26.9 Å². The molecule has 0 unspecified atom stereocenters. The molecule has 0 spiro atoms. The summed E-state index contributed by atoms with van der Waals surface area (Å²) < 4.78 is 38.7. The smallest absolute Gasteiger partial charge is 0.263 e. The van der Waals surface area contributed by atoms with E-state index in [0.717, 1.165) is 4.68 Å². The predicted molar refractivity (Wildman–Crippen MR) is 82.4 cm³/mol. The minimum Gasteiger partial charge on any atom is -0.263 e. The standard InChI is InChI=1S/C15H15Cl2F3N2/c1-14(2,3)13-11(7-22(21-13)8-15(18,19)20)10-5-4-9(16)6-12(10)17/h4-7H,8H2,1-3H3. The van der Waals surface area contributed by atoms with Crippen molar-refractivity contribution < 1.29 is 13.2 Å². The highest BCUT2D eigenvalue weighted by molar-refractivity contribution is 6.36. The summed E-state index contributed by atoms with van der Waals surface area (Å²) >= 11 is 12.1. The Morgan fingerprint density at radius 3 is 2.23 bits per heavy atom. The fraction of sp³-hybridized carbons (Fsp3) is 0.400.